The molecular formula is C16H20N2O2S. The minimum Gasteiger partial charge on any atom is -0.399 e. The normalized spacial score (nSPS) is 11.5. The zero-order valence-electron chi connectivity index (χ0n) is 12.0. The van der Waals surface area contributed by atoms with Gasteiger partial charge in [-0.25, -0.2) is 13.1 Å². The summed E-state index contributed by atoms with van der Waals surface area (Å²) in [5, 5.41) is 0. The van der Waals surface area contributed by atoms with Gasteiger partial charge in [0.05, 0.1) is 5.75 Å². The molecule has 0 aromatic heterocycles. The average molecular weight is 304 g/mol. The molecule has 0 amide bonds. The molecule has 112 valence electrons. The van der Waals surface area contributed by atoms with Gasteiger partial charge in [-0.1, -0.05) is 36.4 Å². The van der Waals surface area contributed by atoms with E-state index >= 15 is 0 Å². The van der Waals surface area contributed by atoms with Gasteiger partial charge in [0.15, 0.2) is 0 Å². The standard InChI is InChI=1S/C16H20N2O2S/c1-13-4-2-3-5-15(13)10-11-18-21(19,20)12-14-6-8-16(17)9-7-14/h2-9,18H,10-12,17H2,1H3. The molecule has 2 aromatic carbocycles. The van der Waals surface area contributed by atoms with Gasteiger partial charge in [-0.15, -0.1) is 0 Å². The van der Waals surface area contributed by atoms with E-state index in [-0.39, 0.29) is 5.75 Å². The fraction of sp³-hybridized carbons (Fsp3) is 0.250. The molecular weight excluding hydrogens is 284 g/mol. The van der Waals surface area contributed by atoms with Crippen molar-refractivity contribution >= 4 is 15.7 Å². The third-order valence-electron chi connectivity index (χ3n) is 3.31. The number of sulfonamides is 1. The fourth-order valence-corrected chi connectivity index (χ4v) is 3.26. The Balaban J connectivity index is 1.90. The predicted molar refractivity (Wildman–Crippen MR) is 86.4 cm³/mol. The second kappa shape index (κ2) is 6.74. The van der Waals surface area contributed by atoms with Gasteiger partial charge in [-0.3, -0.25) is 0 Å². The number of benzene rings is 2. The first kappa shape index (κ1) is 15.5. The van der Waals surface area contributed by atoms with Crippen LogP contribution in [0, 0.1) is 6.92 Å². The lowest BCUT2D eigenvalue weighted by Crippen LogP contribution is -2.27. The van der Waals surface area contributed by atoms with Crippen molar-refractivity contribution in [1.29, 1.82) is 0 Å². The molecule has 0 fully saturated rings. The molecule has 0 spiro atoms. The second-order valence-corrected chi connectivity index (χ2v) is 6.88. The summed E-state index contributed by atoms with van der Waals surface area (Å²) in [6, 6.07) is 14.9. The third kappa shape index (κ3) is 4.88. The van der Waals surface area contributed by atoms with Crippen molar-refractivity contribution in [2.45, 2.75) is 19.1 Å². The number of anilines is 1. The molecule has 21 heavy (non-hydrogen) atoms. The molecule has 0 saturated heterocycles. The molecule has 5 heteroatoms. The number of hydrogen-bond acceptors (Lipinski definition) is 3. The van der Waals surface area contributed by atoms with Crippen LogP contribution in [0.5, 0.6) is 0 Å². The molecule has 0 aliphatic rings. The average Bonchev–Trinajstić information content (AvgIpc) is 2.43. The Morgan fingerprint density at radius 1 is 1.05 bits per heavy atom. The van der Waals surface area contributed by atoms with Crippen molar-refractivity contribution in [3.05, 3.63) is 65.2 Å². The number of nitrogen functional groups attached to an aromatic ring is 1. The van der Waals surface area contributed by atoms with E-state index < -0.39 is 10.0 Å². The van der Waals surface area contributed by atoms with E-state index in [0.717, 1.165) is 11.1 Å². The summed E-state index contributed by atoms with van der Waals surface area (Å²) in [6.07, 6.45) is 0.688. The van der Waals surface area contributed by atoms with Crippen molar-refractivity contribution in [2.75, 3.05) is 12.3 Å². The van der Waals surface area contributed by atoms with Crippen molar-refractivity contribution in [1.82, 2.24) is 4.72 Å². The van der Waals surface area contributed by atoms with Crippen molar-refractivity contribution in [3.63, 3.8) is 0 Å². The molecule has 2 rings (SSSR count). The Kier molecular flexibility index (Phi) is 4.98. The van der Waals surface area contributed by atoms with Crippen LogP contribution in [0.15, 0.2) is 48.5 Å². The number of rotatable bonds is 6. The summed E-state index contributed by atoms with van der Waals surface area (Å²) in [7, 11) is -3.32. The molecule has 0 bridgehead atoms. The van der Waals surface area contributed by atoms with E-state index in [4.69, 9.17) is 5.73 Å². The first-order valence-electron chi connectivity index (χ1n) is 6.82. The number of aryl methyl sites for hydroxylation is 1. The highest BCUT2D eigenvalue weighted by Gasteiger charge is 2.11. The molecule has 0 unspecified atom stereocenters. The SMILES string of the molecule is Cc1ccccc1CCNS(=O)(=O)Cc1ccc(N)cc1. The minimum atomic E-state index is -3.32. The highest BCUT2D eigenvalue weighted by molar-refractivity contribution is 7.88. The lowest BCUT2D eigenvalue weighted by molar-refractivity contribution is 0.580. The van der Waals surface area contributed by atoms with E-state index in [9.17, 15) is 8.42 Å². The molecule has 0 atom stereocenters. The third-order valence-corrected chi connectivity index (χ3v) is 4.67. The summed E-state index contributed by atoms with van der Waals surface area (Å²) < 4.78 is 26.7. The summed E-state index contributed by atoms with van der Waals surface area (Å²) in [4.78, 5) is 0. The second-order valence-electron chi connectivity index (χ2n) is 5.07. The lowest BCUT2D eigenvalue weighted by Gasteiger charge is -2.08. The first-order chi connectivity index (χ1) is 9.96. The van der Waals surface area contributed by atoms with Gasteiger partial charge < -0.3 is 5.73 Å². The Hall–Kier alpha value is -1.85. The van der Waals surface area contributed by atoms with E-state index in [1.54, 1.807) is 24.3 Å². The minimum absolute atomic E-state index is 0.0267. The molecule has 4 nitrogen and oxygen atoms in total. The lowest BCUT2D eigenvalue weighted by atomic mass is 10.1. The Morgan fingerprint density at radius 3 is 2.38 bits per heavy atom. The highest BCUT2D eigenvalue weighted by Crippen LogP contribution is 2.10. The predicted octanol–water partition coefficient (Wildman–Crippen LogP) is 2.24. The Labute approximate surface area is 126 Å². The van der Waals surface area contributed by atoms with Gasteiger partial charge in [0, 0.05) is 12.2 Å². The van der Waals surface area contributed by atoms with Crippen LogP contribution in [0.25, 0.3) is 0 Å². The summed E-state index contributed by atoms with van der Waals surface area (Å²) in [6.45, 7) is 2.43. The topological polar surface area (TPSA) is 72.2 Å². The van der Waals surface area contributed by atoms with Gasteiger partial charge in [-0.05, 0) is 42.2 Å². The zero-order valence-corrected chi connectivity index (χ0v) is 12.9. The van der Waals surface area contributed by atoms with Crippen LogP contribution < -0.4 is 10.5 Å². The molecule has 2 aromatic rings. The first-order valence-corrected chi connectivity index (χ1v) is 8.48. The van der Waals surface area contributed by atoms with Crippen LogP contribution in [0.1, 0.15) is 16.7 Å². The van der Waals surface area contributed by atoms with Crippen LogP contribution in [-0.4, -0.2) is 15.0 Å². The monoisotopic (exact) mass is 304 g/mol. The van der Waals surface area contributed by atoms with Crippen molar-refractivity contribution in [3.8, 4) is 0 Å². The molecule has 0 saturated carbocycles. The number of nitrogens with one attached hydrogen (secondary N) is 1. The van der Waals surface area contributed by atoms with E-state index in [0.29, 0.717) is 18.7 Å². The van der Waals surface area contributed by atoms with Crippen molar-refractivity contribution < 1.29 is 8.42 Å². The molecule has 0 aliphatic carbocycles. The van der Waals surface area contributed by atoms with Gasteiger partial charge in [0.25, 0.3) is 0 Å². The van der Waals surface area contributed by atoms with Crippen LogP contribution in [0.3, 0.4) is 0 Å². The Bertz CT molecular complexity index is 694. The number of nitrogens with two attached hydrogens (primary N) is 1. The largest absolute Gasteiger partial charge is 0.399 e. The smallest absolute Gasteiger partial charge is 0.215 e. The van der Waals surface area contributed by atoms with Crippen LogP contribution in [0.4, 0.5) is 5.69 Å². The fourth-order valence-electron chi connectivity index (χ4n) is 2.12. The maximum Gasteiger partial charge on any atom is 0.215 e. The van der Waals surface area contributed by atoms with Gasteiger partial charge in [0.2, 0.25) is 10.0 Å². The van der Waals surface area contributed by atoms with Crippen molar-refractivity contribution in [2.24, 2.45) is 0 Å². The quantitative estimate of drug-likeness (QED) is 0.804. The summed E-state index contributed by atoms with van der Waals surface area (Å²) in [5.74, 6) is -0.0267. The van der Waals surface area contributed by atoms with Crippen LogP contribution in [0.2, 0.25) is 0 Å². The van der Waals surface area contributed by atoms with Gasteiger partial charge in [-0.2, -0.15) is 0 Å². The molecule has 0 heterocycles. The van der Waals surface area contributed by atoms with Crippen LogP contribution >= 0.6 is 0 Å². The van der Waals surface area contributed by atoms with Gasteiger partial charge >= 0.3 is 0 Å². The highest BCUT2D eigenvalue weighted by atomic mass is 32.2. The Morgan fingerprint density at radius 2 is 1.71 bits per heavy atom. The summed E-state index contributed by atoms with van der Waals surface area (Å²) in [5.41, 5.74) is 9.28. The zero-order chi connectivity index (χ0) is 15.3. The van der Waals surface area contributed by atoms with E-state index in [1.165, 1.54) is 5.56 Å². The van der Waals surface area contributed by atoms with E-state index in [1.807, 2.05) is 31.2 Å². The summed E-state index contributed by atoms with van der Waals surface area (Å²) >= 11 is 0. The number of hydrogen-bond donors (Lipinski definition) is 2. The van der Waals surface area contributed by atoms with Gasteiger partial charge in [0.1, 0.15) is 0 Å². The molecule has 0 aliphatic heterocycles. The van der Waals surface area contributed by atoms with Crippen LogP contribution in [-0.2, 0) is 22.2 Å². The van der Waals surface area contributed by atoms with E-state index in [2.05, 4.69) is 4.72 Å². The maximum absolute atomic E-state index is 12.0. The molecule has 3 N–H and O–H groups in total. The molecule has 0 radical (unpaired) electrons. The maximum atomic E-state index is 12.0.